The lowest BCUT2D eigenvalue weighted by atomic mass is 10.1. The molecule has 2 aliphatic heterocycles. The van der Waals surface area contributed by atoms with Crippen LogP contribution in [0.3, 0.4) is 0 Å². The van der Waals surface area contributed by atoms with Crippen LogP contribution in [0.2, 0.25) is 10.0 Å². The van der Waals surface area contributed by atoms with Gasteiger partial charge in [-0.25, -0.2) is 23.7 Å². The molecule has 1 aliphatic carbocycles. The molecule has 2 saturated heterocycles. The van der Waals surface area contributed by atoms with Crippen LogP contribution in [0.25, 0.3) is 5.69 Å². The average Bonchev–Trinajstić information content (AvgIpc) is 3.97. The highest BCUT2D eigenvalue weighted by molar-refractivity contribution is 6.35. The van der Waals surface area contributed by atoms with Crippen LogP contribution in [0.15, 0.2) is 90.5 Å². The topological polar surface area (TPSA) is 105 Å². The van der Waals surface area contributed by atoms with E-state index in [1.165, 1.54) is 6.33 Å². The Labute approximate surface area is 299 Å². The quantitative estimate of drug-likeness (QED) is 0.180. The van der Waals surface area contributed by atoms with Crippen molar-refractivity contribution in [3.63, 3.8) is 0 Å². The standard InChI is InChI=1S/C36H38Cl2N8O4/c37-26-5-14-33(34(38)19-26)36(22-44-24-39-23-40-44)49-21-32(50-36)20-48-31-12-10-28(11-13-31)43-17-15-42(16-18-43)27-6-8-29(9-7-27)45-25-41-46(35(45)47)30-3-1-2-4-30/h5-14,19,23-25,30,32H,1-4,15-18,20-22H2/t32-,36?/m1/s1. The van der Waals surface area contributed by atoms with Gasteiger partial charge in [-0.2, -0.15) is 10.2 Å². The first kappa shape index (κ1) is 32.8. The Kier molecular flexibility index (Phi) is 9.26. The summed E-state index contributed by atoms with van der Waals surface area (Å²) in [6.07, 6.45) is 8.78. The van der Waals surface area contributed by atoms with Gasteiger partial charge in [0, 0.05) is 48.1 Å². The zero-order valence-electron chi connectivity index (χ0n) is 27.5. The number of aromatic nitrogens is 6. The van der Waals surface area contributed by atoms with Crippen LogP contribution in [0.4, 0.5) is 11.4 Å². The molecule has 14 heteroatoms. The van der Waals surface area contributed by atoms with Crippen LogP contribution >= 0.6 is 23.2 Å². The Morgan fingerprint density at radius 3 is 2.18 bits per heavy atom. The Bertz CT molecular complexity index is 1950. The van der Waals surface area contributed by atoms with Crippen molar-refractivity contribution in [1.82, 2.24) is 29.1 Å². The monoisotopic (exact) mass is 716 g/mol. The molecule has 0 spiro atoms. The molecule has 2 aromatic heterocycles. The summed E-state index contributed by atoms with van der Waals surface area (Å²) in [6.45, 7) is 4.47. The van der Waals surface area contributed by atoms with Gasteiger partial charge in [0.05, 0.1) is 23.4 Å². The second-order valence-electron chi connectivity index (χ2n) is 13.0. The fourth-order valence-corrected chi connectivity index (χ4v) is 7.72. The summed E-state index contributed by atoms with van der Waals surface area (Å²) in [7, 11) is 0. The maximum atomic E-state index is 13.0. The van der Waals surface area contributed by atoms with Crippen LogP contribution in [0.5, 0.6) is 5.75 Å². The molecule has 4 heterocycles. The summed E-state index contributed by atoms with van der Waals surface area (Å²) in [5, 5.41) is 9.62. The number of hydrogen-bond acceptors (Lipinski definition) is 9. The van der Waals surface area contributed by atoms with Gasteiger partial charge in [-0.1, -0.05) is 42.1 Å². The molecule has 3 aliphatic rings. The number of piperazine rings is 1. The van der Waals surface area contributed by atoms with Gasteiger partial charge in [0.25, 0.3) is 0 Å². The molecule has 5 aromatic rings. The Balaban J connectivity index is 0.846. The van der Waals surface area contributed by atoms with Crippen molar-refractivity contribution in [3.05, 3.63) is 112 Å². The lowest BCUT2D eigenvalue weighted by molar-refractivity contribution is -0.190. The number of anilines is 2. The van der Waals surface area contributed by atoms with Crippen molar-refractivity contribution in [2.45, 2.75) is 50.2 Å². The Hall–Kier alpha value is -4.36. The summed E-state index contributed by atoms with van der Waals surface area (Å²) in [5.41, 5.74) is 3.75. The maximum absolute atomic E-state index is 13.0. The number of benzene rings is 3. The van der Waals surface area contributed by atoms with E-state index in [0.717, 1.165) is 74.7 Å². The first-order chi connectivity index (χ1) is 24.4. The number of nitrogens with zero attached hydrogens (tertiary/aromatic N) is 8. The molecule has 1 unspecified atom stereocenters. The van der Waals surface area contributed by atoms with E-state index >= 15 is 0 Å². The second-order valence-corrected chi connectivity index (χ2v) is 13.8. The summed E-state index contributed by atoms with van der Waals surface area (Å²) in [6, 6.07) is 21.9. The fourth-order valence-electron chi connectivity index (χ4n) is 7.16. The molecule has 1 saturated carbocycles. The molecule has 0 bridgehead atoms. The maximum Gasteiger partial charge on any atom is 0.350 e. The van der Waals surface area contributed by atoms with Gasteiger partial charge >= 0.3 is 5.69 Å². The van der Waals surface area contributed by atoms with Crippen LogP contribution in [0.1, 0.15) is 37.3 Å². The van der Waals surface area contributed by atoms with Crippen molar-refractivity contribution >= 4 is 34.6 Å². The van der Waals surface area contributed by atoms with Crippen LogP contribution < -0.4 is 20.2 Å². The van der Waals surface area contributed by atoms with Crippen LogP contribution in [-0.2, 0) is 21.8 Å². The van der Waals surface area contributed by atoms with E-state index in [9.17, 15) is 4.79 Å². The third kappa shape index (κ3) is 6.72. The van der Waals surface area contributed by atoms with E-state index in [-0.39, 0.29) is 24.4 Å². The molecular formula is C36H38Cl2N8O4. The highest BCUT2D eigenvalue weighted by atomic mass is 35.5. The van der Waals surface area contributed by atoms with Crippen molar-refractivity contribution in [3.8, 4) is 11.4 Å². The molecule has 50 heavy (non-hydrogen) atoms. The van der Waals surface area contributed by atoms with Gasteiger partial charge in [-0.05, 0) is 73.5 Å². The molecule has 0 N–H and O–H groups in total. The minimum atomic E-state index is -1.16. The van der Waals surface area contributed by atoms with E-state index in [2.05, 4.69) is 49.2 Å². The minimum Gasteiger partial charge on any atom is -0.491 e. The van der Waals surface area contributed by atoms with E-state index in [4.69, 9.17) is 37.4 Å². The van der Waals surface area contributed by atoms with Gasteiger partial charge in [0.1, 0.15) is 44.0 Å². The molecular weight excluding hydrogens is 679 g/mol. The molecule has 0 radical (unpaired) electrons. The summed E-state index contributed by atoms with van der Waals surface area (Å²) in [4.78, 5) is 21.8. The predicted octanol–water partition coefficient (Wildman–Crippen LogP) is 5.72. The van der Waals surface area contributed by atoms with E-state index in [0.29, 0.717) is 28.8 Å². The first-order valence-corrected chi connectivity index (χ1v) is 17.8. The number of ether oxygens (including phenoxy) is 3. The lowest BCUT2D eigenvalue weighted by Crippen LogP contribution is -2.46. The normalized spacial score (nSPS) is 21.3. The van der Waals surface area contributed by atoms with Gasteiger partial charge in [0.2, 0.25) is 5.79 Å². The highest BCUT2D eigenvalue weighted by Gasteiger charge is 2.45. The van der Waals surface area contributed by atoms with Gasteiger partial charge < -0.3 is 24.0 Å². The molecule has 3 aromatic carbocycles. The van der Waals surface area contributed by atoms with E-state index < -0.39 is 5.79 Å². The van der Waals surface area contributed by atoms with E-state index in [1.54, 1.807) is 38.7 Å². The predicted molar refractivity (Wildman–Crippen MR) is 191 cm³/mol. The molecule has 8 rings (SSSR count). The third-order valence-corrected chi connectivity index (χ3v) is 10.4. The SMILES string of the molecule is O=c1n(-c2ccc(N3CCN(c4ccc(OC[C@@H]5COC(Cn6cncn6)(c6ccc(Cl)cc6Cl)O5)cc4)CC3)cc2)cnn1C1CCCC1. The second kappa shape index (κ2) is 14.1. The van der Waals surface area contributed by atoms with Crippen LogP contribution in [-0.4, -0.2) is 74.6 Å². The summed E-state index contributed by atoms with van der Waals surface area (Å²) >= 11 is 12.7. The Morgan fingerprint density at radius 1 is 0.840 bits per heavy atom. The van der Waals surface area contributed by atoms with Gasteiger partial charge in [-0.3, -0.25) is 0 Å². The van der Waals surface area contributed by atoms with Crippen LogP contribution in [0, 0.1) is 0 Å². The molecule has 260 valence electrons. The van der Waals surface area contributed by atoms with Crippen molar-refractivity contribution in [1.29, 1.82) is 0 Å². The zero-order chi connectivity index (χ0) is 34.1. The lowest BCUT2D eigenvalue weighted by Gasteiger charge is -2.37. The van der Waals surface area contributed by atoms with Gasteiger partial charge in [0.15, 0.2) is 0 Å². The largest absolute Gasteiger partial charge is 0.491 e. The number of rotatable bonds is 10. The van der Waals surface area contributed by atoms with Crippen molar-refractivity contribution in [2.24, 2.45) is 0 Å². The smallest absolute Gasteiger partial charge is 0.350 e. The molecule has 3 fully saturated rings. The zero-order valence-corrected chi connectivity index (χ0v) is 29.0. The minimum absolute atomic E-state index is 0.0588. The average molecular weight is 718 g/mol. The van der Waals surface area contributed by atoms with Gasteiger partial charge in [-0.15, -0.1) is 0 Å². The first-order valence-electron chi connectivity index (χ1n) is 17.0. The summed E-state index contributed by atoms with van der Waals surface area (Å²) in [5.74, 6) is -0.405. The fraction of sp³-hybridized carbons (Fsp3) is 0.389. The molecule has 2 atom stereocenters. The number of halogens is 2. The highest BCUT2D eigenvalue weighted by Crippen LogP contribution is 2.40. The van der Waals surface area contributed by atoms with Crippen molar-refractivity contribution in [2.75, 3.05) is 49.2 Å². The third-order valence-electron chi connectivity index (χ3n) is 9.81. The van der Waals surface area contributed by atoms with E-state index in [1.807, 2.05) is 30.3 Å². The molecule has 12 nitrogen and oxygen atoms in total. The Morgan fingerprint density at radius 2 is 1.52 bits per heavy atom. The summed E-state index contributed by atoms with van der Waals surface area (Å²) < 4.78 is 23.8. The molecule has 0 amide bonds. The van der Waals surface area contributed by atoms with Crippen molar-refractivity contribution < 1.29 is 14.2 Å². The number of hydrogen-bond donors (Lipinski definition) is 0.